The molecule has 136 valence electrons. The minimum Gasteiger partial charge on any atom is -0.404 e. The maximum absolute atomic E-state index is 11.2. The lowest BCUT2D eigenvalue weighted by Gasteiger charge is -2.03. The summed E-state index contributed by atoms with van der Waals surface area (Å²) in [6, 6.07) is 0. The zero-order chi connectivity index (χ0) is 17.0. The molecule has 2 N–H and O–H groups in total. The van der Waals surface area contributed by atoms with Crippen LogP contribution < -0.4 is 5.73 Å². The van der Waals surface area contributed by atoms with E-state index in [-0.39, 0.29) is 5.78 Å². The Morgan fingerprint density at radius 2 is 1.00 bits per heavy atom. The van der Waals surface area contributed by atoms with Gasteiger partial charge in [-0.25, -0.2) is 0 Å². The molecule has 23 heavy (non-hydrogen) atoms. The summed E-state index contributed by atoms with van der Waals surface area (Å²) >= 11 is 0. The number of carbonyl (C=O) groups is 1. The van der Waals surface area contributed by atoms with Crippen LogP contribution in [0.25, 0.3) is 0 Å². The van der Waals surface area contributed by atoms with Crippen molar-refractivity contribution in [3.8, 4) is 0 Å². The first-order chi connectivity index (χ1) is 11.3. The van der Waals surface area contributed by atoms with Gasteiger partial charge in [-0.15, -0.1) is 0 Å². The van der Waals surface area contributed by atoms with Crippen LogP contribution in [0.4, 0.5) is 0 Å². The van der Waals surface area contributed by atoms with E-state index in [4.69, 9.17) is 5.73 Å². The largest absolute Gasteiger partial charge is 0.404 e. The molecule has 0 aromatic heterocycles. The number of hydrogen-bond acceptors (Lipinski definition) is 2. The molecule has 0 heterocycles. The summed E-state index contributed by atoms with van der Waals surface area (Å²) in [5, 5.41) is 0. The van der Waals surface area contributed by atoms with E-state index in [1.54, 1.807) is 0 Å². The van der Waals surface area contributed by atoms with Crippen molar-refractivity contribution >= 4 is 5.78 Å². The average molecular weight is 324 g/mol. The lowest BCUT2D eigenvalue weighted by atomic mass is 10.0. The predicted octanol–water partition coefficient (Wildman–Crippen LogP) is 6.68. The fourth-order valence-electron chi connectivity index (χ4n) is 3.04. The summed E-state index contributed by atoms with van der Waals surface area (Å²) in [6.45, 7) is 2.28. The van der Waals surface area contributed by atoms with E-state index in [0.717, 1.165) is 6.42 Å². The van der Waals surface area contributed by atoms with E-state index < -0.39 is 0 Å². The maximum atomic E-state index is 11.2. The number of allylic oxidation sites excluding steroid dienone is 1. The molecule has 2 nitrogen and oxygen atoms in total. The Labute approximate surface area is 145 Å². The van der Waals surface area contributed by atoms with Crippen LogP contribution in [0.2, 0.25) is 0 Å². The highest BCUT2D eigenvalue weighted by Crippen LogP contribution is 2.14. The third-order valence-corrected chi connectivity index (χ3v) is 4.56. The third-order valence-electron chi connectivity index (χ3n) is 4.56. The van der Waals surface area contributed by atoms with Gasteiger partial charge in [0, 0.05) is 6.42 Å². The van der Waals surface area contributed by atoms with E-state index in [2.05, 4.69) is 6.92 Å². The molecule has 0 aromatic carbocycles. The maximum Gasteiger partial charge on any atom is 0.157 e. The highest BCUT2D eigenvalue weighted by Gasteiger charge is 1.97. The standard InChI is InChI=1S/C21H41NO/c1-2-3-4-5-6-7-8-9-10-11-12-13-14-15-16-17-18-21(23)19-20-22/h19-20H,2-18,22H2,1H3. The normalized spacial score (nSPS) is 11.3. The number of rotatable bonds is 18. The Hall–Kier alpha value is -0.790. The molecule has 0 fully saturated rings. The van der Waals surface area contributed by atoms with Crippen LogP contribution in [-0.2, 0) is 4.79 Å². The molecular formula is C21H41NO. The van der Waals surface area contributed by atoms with Gasteiger partial charge in [0.2, 0.25) is 0 Å². The van der Waals surface area contributed by atoms with Crippen LogP contribution in [0.1, 0.15) is 116 Å². The Kier molecular flexibility index (Phi) is 18.6. The summed E-state index contributed by atoms with van der Waals surface area (Å²) in [5.74, 6) is 0.165. The molecule has 0 aliphatic carbocycles. The van der Waals surface area contributed by atoms with E-state index in [1.165, 1.54) is 109 Å². The van der Waals surface area contributed by atoms with Crippen LogP contribution in [0.5, 0.6) is 0 Å². The molecule has 0 unspecified atom stereocenters. The van der Waals surface area contributed by atoms with E-state index in [9.17, 15) is 4.79 Å². The van der Waals surface area contributed by atoms with E-state index in [1.807, 2.05) is 0 Å². The minimum absolute atomic E-state index is 0.165. The minimum atomic E-state index is 0.165. The first kappa shape index (κ1) is 22.2. The molecule has 0 radical (unpaired) electrons. The SMILES string of the molecule is CCCCCCCCCCCCCCCCCCC(=O)C=CN. The fraction of sp³-hybridized carbons (Fsp3) is 0.857. The monoisotopic (exact) mass is 323 g/mol. The van der Waals surface area contributed by atoms with Crippen molar-refractivity contribution in [2.45, 2.75) is 116 Å². The molecule has 0 rings (SSSR count). The van der Waals surface area contributed by atoms with Crippen LogP contribution in [0.15, 0.2) is 12.3 Å². The molecular weight excluding hydrogens is 282 g/mol. The zero-order valence-electron chi connectivity index (χ0n) is 15.7. The van der Waals surface area contributed by atoms with Gasteiger partial charge in [0.1, 0.15) is 0 Å². The van der Waals surface area contributed by atoms with Crippen molar-refractivity contribution in [2.75, 3.05) is 0 Å². The van der Waals surface area contributed by atoms with Crippen LogP contribution >= 0.6 is 0 Å². The van der Waals surface area contributed by atoms with E-state index in [0.29, 0.717) is 6.42 Å². The third kappa shape index (κ3) is 19.2. The average Bonchev–Trinajstić information content (AvgIpc) is 2.54. The molecule has 0 saturated heterocycles. The van der Waals surface area contributed by atoms with Crippen molar-refractivity contribution in [3.05, 3.63) is 12.3 Å². The summed E-state index contributed by atoms with van der Waals surface area (Å²) < 4.78 is 0. The Morgan fingerprint density at radius 3 is 1.35 bits per heavy atom. The van der Waals surface area contributed by atoms with E-state index >= 15 is 0 Å². The molecule has 0 aromatic rings. The summed E-state index contributed by atoms with van der Waals surface area (Å²) in [4.78, 5) is 11.2. The molecule has 0 amide bonds. The van der Waals surface area contributed by atoms with Gasteiger partial charge in [-0.2, -0.15) is 0 Å². The van der Waals surface area contributed by atoms with Crippen molar-refractivity contribution in [3.63, 3.8) is 0 Å². The van der Waals surface area contributed by atoms with Gasteiger partial charge < -0.3 is 5.73 Å². The number of nitrogens with two attached hydrogens (primary N) is 1. The molecule has 0 spiro atoms. The topological polar surface area (TPSA) is 43.1 Å². The van der Waals surface area contributed by atoms with Crippen molar-refractivity contribution < 1.29 is 4.79 Å². The van der Waals surface area contributed by atoms with Gasteiger partial charge in [-0.3, -0.25) is 4.79 Å². The number of hydrogen-bond donors (Lipinski definition) is 1. The Balaban J connectivity index is 3.04. The van der Waals surface area contributed by atoms with Gasteiger partial charge in [-0.1, -0.05) is 103 Å². The first-order valence-corrected chi connectivity index (χ1v) is 10.2. The second kappa shape index (κ2) is 19.3. The summed E-state index contributed by atoms with van der Waals surface area (Å²) in [7, 11) is 0. The van der Waals surface area contributed by atoms with Gasteiger partial charge in [-0.05, 0) is 18.7 Å². The Morgan fingerprint density at radius 1 is 0.652 bits per heavy atom. The van der Waals surface area contributed by atoms with Gasteiger partial charge in [0.05, 0.1) is 0 Å². The number of unbranched alkanes of at least 4 members (excludes halogenated alkanes) is 15. The number of ketones is 1. The molecule has 0 atom stereocenters. The van der Waals surface area contributed by atoms with Gasteiger partial charge in [0.25, 0.3) is 0 Å². The van der Waals surface area contributed by atoms with Crippen molar-refractivity contribution in [1.82, 2.24) is 0 Å². The second-order valence-corrected chi connectivity index (χ2v) is 6.88. The van der Waals surface area contributed by atoms with Crippen LogP contribution in [-0.4, -0.2) is 5.78 Å². The molecule has 0 aliphatic heterocycles. The Bertz CT molecular complexity index is 273. The molecule has 0 saturated carbocycles. The molecule has 0 bridgehead atoms. The highest BCUT2D eigenvalue weighted by atomic mass is 16.1. The lowest BCUT2D eigenvalue weighted by Crippen LogP contribution is -1.94. The first-order valence-electron chi connectivity index (χ1n) is 10.2. The van der Waals surface area contributed by atoms with Crippen LogP contribution in [0.3, 0.4) is 0 Å². The van der Waals surface area contributed by atoms with Crippen molar-refractivity contribution in [1.29, 1.82) is 0 Å². The van der Waals surface area contributed by atoms with Gasteiger partial charge >= 0.3 is 0 Å². The second-order valence-electron chi connectivity index (χ2n) is 6.88. The quantitative estimate of drug-likeness (QED) is 0.226. The summed E-state index contributed by atoms with van der Waals surface area (Å²) in [5.41, 5.74) is 5.19. The van der Waals surface area contributed by atoms with Crippen molar-refractivity contribution in [2.24, 2.45) is 5.73 Å². The predicted molar refractivity (Wildman–Crippen MR) is 102 cm³/mol. The lowest BCUT2D eigenvalue weighted by molar-refractivity contribution is -0.114. The van der Waals surface area contributed by atoms with Gasteiger partial charge in [0.15, 0.2) is 5.78 Å². The zero-order valence-corrected chi connectivity index (χ0v) is 15.7. The fourth-order valence-corrected chi connectivity index (χ4v) is 3.04. The van der Waals surface area contributed by atoms with Crippen LogP contribution in [0, 0.1) is 0 Å². The smallest absolute Gasteiger partial charge is 0.157 e. The number of carbonyl (C=O) groups excluding carboxylic acids is 1. The summed E-state index contributed by atoms with van der Waals surface area (Å²) in [6.07, 6.45) is 25.3. The molecule has 0 aliphatic rings. The highest BCUT2D eigenvalue weighted by molar-refractivity contribution is 5.89. The molecule has 2 heteroatoms.